The molecular weight excluding hydrogens is 282 g/mol. The van der Waals surface area contributed by atoms with Gasteiger partial charge >= 0.3 is 0 Å². The van der Waals surface area contributed by atoms with Crippen molar-refractivity contribution in [1.82, 2.24) is 0 Å². The lowest BCUT2D eigenvalue weighted by molar-refractivity contribution is -0.254. The summed E-state index contributed by atoms with van der Waals surface area (Å²) in [5, 5.41) is 14.5. The normalized spacial score (nSPS) is 10.6. The first kappa shape index (κ1) is 13.9. The Morgan fingerprint density at radius 3 is 2.45 bits per heavy atom. The Labute approximate surface area is 126 Å². The molecule has 22 heavy (non-hydrogen) atoms. The Bertz CT molecular complexity index is 879. The summed E-state index contributed by atoms with van der Waals surface area (Å²) in [7, 11) is 0. The minimum absolute atomic E-state index is 0.0791. The van der Waals surface area contributed by atoms with Gasteiger partial charge in [-0.3, -0.25) is 4.79 Å². The van der Waals surface area contributed by atoms with E-state index in [4.69, 9.17) is 4.42 Å². The third-order valence-electron chi connectivity index (χ3n) is 3.45. The molecule has 1 aromatic heterocycles. The van der Waals surface area contributed by atoms with Crippen molar-refractivity contribution in [2.75, 3.05) is 5.32 Å². The number of nitrogens with one attached hydrogen (secondary N) is 1. The number of carbonyl (C=O) groups is 2. The predicted octanol–water partition coefficient (Wildman–Crippen LogP) is 2.36. The average Bonchev–Trinajstić information content (AvgIpc) is 2.85. The van der Waals surface area contributed by atoms with Gasteiger partial charge < -0.3 is 19.6 Å². The predicted molar refractivity (Wildman–Crippen MR) is 79.7 cm³/mol. The smallest absolute Gasteiger partial charge is 0.291 e. The van der Waals surface area contributed by atoms with E-state index in [9.17, 15) is 14.7 Å². The summed E-state index contributed by atoms with van der Waals surface area (Å²) >= 11 is 0. The Hall–Kier alpha value is -3.08. The first-order chi connectivity index (χ1) is 10.6. The molecule has 0 aliphatic carbocycles. The Kier molecular flexibility index (Phi) is 3.39. The van der Waals surface area contributed by atoms with E-state index in [-0.39, 0.29) is 17.0 Å². The van der Waals surface area contributed by atoms with E-state index < -0.39 is 11.9 Å². The van der Waals surface area contributed by atoms with Gasteiger partial charge in [0, 0.05) is 16.5 Å². The van der Waals surface area contributed by atoms with Gasteiger partial charge in [-0.1, -0.05) is 36.4 Å². The van der Waals surface area contributed by atoms with Crippen molar-refractivity contribution < 1.29 is 19.1 Å². The first-order valence-electron chi connectivity index (χ1n) is 6.68. The van der Waals surface area contributed by atoms with Gasteiger partial charge in [-0.15, -0.1) is 0 Å². The number of rotatable bonds is 3. The van der Waals surface area contributed by atoms with Gasteiger partial charge in [0.25, 0.3) is 5.91 Å². The van der Waals surface area contributed by atoms with E-state index in [0.29, 0.717) is 11.1 Å². The second-order valence-corrected chi connectivity index (χ2v) is 4.84. The van der Waals surface area contributed by atoms with Gasteiger partial charge in [0.05, 0.1) is 11.7 Å². The summed E-state index contributed by atoms with van der Waals surface area (Å²) in [6, 6.07) is 13.4. The number of aromatic carboxylic acids is 1. The highest BCUT2D eigenvalue weighted by molar-refractivity contribution is 6.08. The number of amides is 1. The van der Waals surface area contributed by atoms with E-state index >= 15 is 0 Å². The molecular formula is C17H12NO4-. The molecule has 3 rings (SSSR count). The molecule has 0 fully saturated rings. The van der Waals surface area contributed by atoms with Gasteiger partial charge in [-0.2, -0.15) is 0 Å². The summed E-state index contributed by atoms with van der Waals surface area (Å²) in [5.74, 6) is -1.69. The molecule has 0 atom stereocenters. The molecule has 0 radical (unpaired) electrons. The van der Waals surface area contributed by atoms with Crippen molar-refractivity contribution in [3.63, 3.8) is 0 Å². The van der Waals surface area contributed by atoms with E-state index in [1.54, 1.807) is 25.1 Å². The monoisotopic (exact) mass is 294 g/mol. The standard InChI is InChI=1S/C17H13NO4/c1-10-11-6-3-5-9-14(11)22-15(10)16(19)18-13-8-4-2-7-12(13)17(20)21/h2-9H,1H3,(H,18,19)(H,20,21)/p-1. The minimum atomic E-state index is -1.35. The lowest BCUT2D eigenvalue weighted by Gasteiger charge is -2.10. The molecule has 2 aromatic carbocycles. The second-order valence-electron chi connectivity index (χ2n) is 4.84. The zero-order valence-electron chi connectivity index (χ0n) is 11.8. The number of para-hydroxylation sites is 2. The highest BCUT2D eigenvalue weighted by Gasteiger charge is 2.18. The van der Waals surface area contributed by atoms with Crippen LogP contribution in [-0.4, -0.2) is 11.9 Å². The summed E-state index contributed by atoms with van der Waals surface area (Å²) < 4.78 is 5.56. The van der Waals surface area contributed by atoms with Gasteiger partial charge in [-0.25, -0.2) is 0 Å². The van der Waals surface area contributed by atoms with Gasteiger partial charge in [0.1, 0.15) is 5.58 Å². The Morgan fingerprint density at radius 2 is 1.73 bits per heavy atom. The van der Waals surface area contributed by atoms with Crippen LogP contribution >= 0.6 is 0 Å². The number of anilines is 1. The van der Waals surface area contributed by atoms with Crippen molar-refractivity contribution in [2.45, 2.75) is 6.92 Å². The fourth-order valence-corrected chi connectivity index (χ4v) is 2.34. The lowest BCUT2D eigenvalue weighted by Crippen LogP contribution is -2.24. The fourth-order valence-electron chi connectivity index (χ4n) is 2.34. The van der Waals surface area contributed by atoms with E-state index in [2.05, 4.69) is 5.32 Å². The third kappa shape index (κ3) is 2.33. The number of aryl methyl sites for hydroxylation is 1. The van der Waals surface area contributed by atoms with Crippen molar-refractivity contribution in [2.24, 2.45) is 0 Å². The number of benzene rings is 2. The van der Waals surface area contributed by atoms with Crippen LogP contribution in [0.4, 0.5) is 5.69 Å². The number of hydrogen-bond acceptors (Lipinski definition) is 4. The molecule has 0 bridgehead atoms. The fraction of sp³-hybridized carbons (Fsp3) is 0.0588. The minimum Gasteiger partial charge on any atom is -0.545 e. The number of hydrogen-bond donors (Lipinski definition) is 1. The summed E-state index contributed by atoms with van der Waals surface area (Å²) in [6.45, 7) is 1.78. The average molecular weight is 294 g/mol. The number of furan rings is 1. The molecule has 0 unspecified atom stereocenters. The molecule has 1 amide bonds. The van der Waals surface area contributed by atoms with Crippen molar-refractivity contribution in [1.29, 1.82) is 0 Å². The molecule has 0 saturated carbocycles. The highest BCUT2D eigenvalue weighted by Crippen LogP contribution is 2.26. The SMILES string of the molecule is Cc1c(C(=O)Nc2ccccc2C(=O)[O-])oc2ccccc12. The van der Waals surface area contributed by atoms with E-state index in [1.165, 1.54) is 12.1 Å². The number of carboxylic acids is 1. The summed E-state index contributed by atoms with van der Waals surface area (Å²) in [6.07, 6.45) is 0. The molecule has 5 nitrogen and oxygen atoms in total. The van der Waals surface area contributed by atoms with Crippen LogP contribution in [0.2, 0.25) is 0 Å². The van der Waals surface area contributed by atoms with Crippen LogP contribution in [0, 0.1) is 6.92 Å². The number of carboxylic acid groups (broad SMARTS) is 1. The van der Waals surface area contributed by atoms with Gasteiger partial charge in [0.15, 0.2) is 5.76 Å². The van der Waals surface area contributed by atoms with Gasteiger partial charge in [0.2, 0.25) is 0 Å². The lowest BCUT2D eigenvalue weighted by atomic mass is 10.1. The van der Waals surface area contributed by atoms with Crippen LogP contribution < -0.4 is 10.4 Å². The molecule has 1 heterocycles. The number of fused-ring (bicyclic) bond motifs is 1. The van der Waals surface area contributed by atoms with Crippen LogP contribution in [0.1, 0.15) is 26.5 Å². The second kappa shape index (κ2) is 5.37. The molecule has 0 aliphatic rings. The maximum Gasteiger partial charge on any atom is 0.291 e. The third-order valence-corrected chi connectivity index (χ3v) is 3.45. The maximum atomic E-state index is 12.4. The largest absolute Gasteiger partial charge is 0.545 e. The maximum absolute atomic E-state index is 12.4. The molecule has 0 saturated heterocycles. The van der Waals surface area contributed by atoms with Crippen molar-refractivity contribution in [3.8, 4) is 0 Å². The van der Waals surface area contributed by atoms with Crippen LogP contribution in [0.15, 0.2) is 52.9 Å². The summed E-state index contributed by atoms with van der Waals surface area (Å²) in [5.41, 5.74) is 1.41. The van der Waals surface area contributed by atoms with Gasteiger partial charge in [-0.05, 0) is 19.1 Å². The van der Waals surface area contributed by atoms with Crippen molar-refractivity contribution >= 4 is 28.5 Å². The molecule has 1 N–H and O–H groups in total. The topological polar surface area (TPSA) is 82.4 Å². The Balaban J connectivity index is 1.98. The van der Waals surface area contributed by atoms with Crippen molar-refractivity contribution in [3.05, 3.63) is 65.4 Å². The van der Waals surface area contributed by atoms with E-state index in [0.717, 1.165) is 5.39 Å². The quantitative estimate of drug-likeness (QED) is 0.804. The molecule has 0 aliphatic heterocycles. The molecule has 0 spiro atoms. The number of carbonyl (C=O) groups excluding carboxylic acids is 2. The van der Waals surface area contributed by atoms with Crippen LogP contribution in [0.3, 0.4) is 0 Å². The van der Waals surface area contributed by atoms with Crippen LogP contribution in [0.25, 0.3) is 11.0 Å². The molecule has 3 aromatic rings. The van der Waals surface area contributed by atoms with Crippen LogP contribution in [0.5, 0.6) is 0 Å². The molecule has 110 valence electrons. The molecule has 5 heteroatoms. The highest BCUT2D eigenvalue weighted by atomic mass is 16.4. The van der Waals surface area contributed by atoms with E-state index in [1.807, 2.05) is 18.2 Å². The first-order valence-corrected chi connectivity index (χ1v) is 6.68. The summed E-state index contributed by atoms with van der Waals surface area (Å²) in [4.78, 5) is 23.4. The zero-order valence-corrected chi connectivity index (χ0v) is 11.8. The Morgan fingerprint density at radius 1 is 1.05 bits per heavy atom. The van der Waals surface area contributed by atoms with Crippen LogP contribution in [-0.2, 0) is 0 Å². The zero-order chi connectivity index (χ0) is 15.7.